The molecule has 0 fully saturated rings. The number of hydrogen-bond donors (Lipinski definition) is 0. The Morgan fingerprint density at radius 2 is 1.92 bits per heavy atom. The maximum Gasteiger partial charge on any atom is 0.221 e. The van der Waals surface area contributed by atoms with Gasteiger partial charge in [-0.1, -0.05) is 19.6 Å². The normalized spacial score (nSPS) is 30.9. The summed E-state index contributed by atoms with van der Waals surface area (Å²) in [5, 5.41) is 1.46. The van der Waals surface area contributed by atoms with Crippen LogP contribution in [0.3, 0.4) is 0 Å². The van der Waals surface area contributed by atoms with E-state index >= 15 is 0 Å². The lowest BCUT2D eigenvalue weighted by Gasteiger charge is -2.24. The monoisotopic (exact) mass is 183 g/mol. The van der Waals surface area contributed by atoms with Crippen LogP contribution in [0.25, 0.3) is 0 Å². The summed E-state index contributed by atoms with van der Waals surface area (Å²) in [7, 11) is -1.17. The highest BCUT2D eigenvalue weighted by molar-refractivity contribution is 6.83. The highest BCUT2D eigenvalue weighted by atomic mass is 28.3. The van der Waals surface area contributed by atoms with Gasteiger partial charge in [-0.2, -0.15) is 0 Å². The first kappa shape index (κ1) is 9.91. The fourth-order valence-corrected chi connectivity index (χ4v) is 3.66. The molecule has 1 rings (SSSR count). The molecule has 1 aliphatic rings. The molecule has 0 aromatic rings. The van der Waals surface area contributed by atoms with Crippen molar-refractivity contribution in [3.63, 3.8) is 0 Å². The fraction of sp³-hybridized carbons (Fsp3) is 0.800. The van der Waals surface area contributed by atoms with E-state index in [-0.39, 0.29) is 0 Å². The molecule has 0 spiro atoms. The SMILES string of the molecule is CC1C[C+]=C([Si](C)(C)C)C(C)O1. The molecule has 0 amide bonds. The molecular formula is C10H19OSi+. The van der Waals surface area contributed by atoms with Gasteiger partial charge < -0.3 is 4.74 Å². The average Bonchev–Trinajstić information content (AvgIpc) is 1.83. The molecule has 68 valence electrons. The maximum absolute atomic E-state index is 5.76. The van der Waals surface area contributed by atoms with Gasteiger partial charge in [-0.15, -0.1) is 0 Å². The van der Waals surface area contributed by atoms with Crippen LogP contribution in [0.5, 0.6) is 0 Å². The molecule has 1 nitrogen and oxygen atoms in total. The summed E-state index contributed by atoms with van der Waals surface area (Å²) in [6.07, 6.45) is 5.16. The van der Waals surface area contributed by atoms with Crippen LogP contribution in [0.1, 0.15) is 20.3 Å². The largest absolute Gasteiger partial charge is 0.362 e. The summed E-state index contributed by atoms with van der Waals surface area (Å²) >= 11 is 0. The third kappa shape index (κ3) is 2.16. The third-order valence-electron chi connectivity index (χ3n) is 2.23. The molecule has 0 saturated carbocycles. The molecule has 0 bridgehead atoms. The van der Waals surface area contributed by atoms with Gasteiger partial charge in [0.25, 0.3) is 0 Å². The van der Waals surface area contributed by atoms with Gasteiger partial charge >= 0.3 is 0 Å². The van der Waals surface area contributed by atoms with Crippen molar-refractivity contribution in [3.05, 3.63) is 11.3 Å². The molecule has 0 aliphatic carbocycles. The van der Waals surface area contributed by atoms with Gasteiger partial charge in [-0.3, -0.25) is 0 Å². The molecule has 0 saturated heterocycles. The van der Waals surface area contributed by atoms with Crippen LogP contribution in [-0.4, -0.2) is 20.3 Å². The second kappa shape index (κ2) is 3.29. The van der Waals surface area contributed by atoms with Crippen molar-refractivity contribution < 1.29 is 4.74 Å². The minimum Gasteiger partial charge on any atom is -0.362 e. The molecule has 2 atom stereocenters. The van der Waals surface area contributed by atoms with E-state index in [1.165, 1.54) is 5.20 Å². The highest BCUT2D eigenvalue weighted by Crippen LogP contribution is 2.25. The minimum atomic E-state index is -1.17. The van der Waals surface area contributed by atoms with E-state index in [0.717, 1.165) is 6.42 Å². The van der Waals surface area contributed by atoms with E-state index in [1.807, 2.05) is 0 Å². The van der Waals surface area contributed by atoms with Crippen molar-refractivity contribution in [3.8, 4) is 0 Å². The Hall–Kier alpha value is -0.173. The van der Waals surface area contributed by atoms with Crippen LogP contribution in [0.4, 0.5) is 0 Å². The third-order valence-corrected chi connectivity index (χ3v) is 4.43. The zero-order chi connectivity index (χ0) is 9.35. The van der Waals surface area contributed by atoms with E-state index < -0.39 is 8.07 Å². The Bertz CT molecular complexity index is 191. The van der Waals surface area contributed by atoms with Crippen molar-refractivity contribution >= 4 is 8.07 Å². The summed E-state index contributed by atoms with van der Waals surface area (Å²) in [6.45, 7) is 11.3. The van der Waals surface area contributed by atoms with Crippen LogP contribution in [-0.2, 0) is 4.74 Å². The predicted octanol–water partition coefficient (Wildman–Crippen LogP) is 2.79. The zero-order valence-corrected chi connectivity index (χ0v) is 9.77. The van der Waals surface area contributed by atoms with Gasteiger partial charge in [0.1, 0.15) is 20.3 Å². The Morgan fingerprint density at radius 1 is 1.33 bits per heavy atom. The lowest BCUT2D eigenvalue weighted by atomic mass is 10.2. The first-order chi connectivity index (χ1) is 5.41. The standard InChI is InChI=1S/C10H19OSi/c1-8-6-7-10(9(2)11-8)12(3,4)5/h8-9H,6H2,1-5H3/q+1. The fourth-order valence-electron chi connectivity index (χ4n) is 1.74. The molecule has 2 heteroatoms. The number of ether oxygens (including phenoxy) is 1. The summed E-state index contributed by atoms with van der Waals surface area (Å²) in [4.78, 5) is 0. The second-order valence-corrected chi connectivity index (χ2v) is 9.67. The lowest BCUT2D eigenvalue weighted by molar-refractivity contribution is 0.0217. The predicted molar refractivity (Wildman–Crippen MR) is 54.7 cm³/mol. The summed E-state index contributed by atoms with van der Waals surface area (Å²) in [5.41, 5.74) is 0. The smallest absolute Gasteiger partial charge is 0.221 e. The zero-order valence-electron chi connectivity index (χ0n) is 8.77. The van der Waals surface area contributed by atoms with Crippen molar-refractivity contribution in [1.29, 1.82) is 0 Å². The topological polar surface area (TPSA) is 9.23 Å². The summed E-state index contributed by atoms with van der Waals surface area (Å²) < 4.78 is 5.76. The van der Waals surface area contributed by atoms with E-state index in [1.54, 1.807) is 0 Å². The molecule has 0 N–H and O–H groups in total. The van der Waals surface area contributed by atoms with E-state index in [0.29, 0.717) is 12.2 Å². The minimum absolute atomic E-state index is 0.306. The molecule has 0 aromatic carbocycles. The van der Waals surface area contributed by atoms with Crippen molar-refractivity contribution in [1.82, 2.24) is 0 Å². The van der Waals surface area contributed by atoms with Crippen molar-refractivity contribution in [2.45, 2.75) is 52.1 Å². The first-order valence-corrected chi connectivity index (χ1v) is 8.18. The Morgan fingerprint density at radius 3 is 2.33 bits per heavy atom. The molecule has 2 unspecified atom stereocenters. The molecule has 1 aliphatic heterocycles. The number of hydrogen-bond acceptors (Lipinski definition) is 1. The van der Waals surface area contributed by atoms with Crippen LogP contribution in [0, 0.1) is 6.08 Å². The summed E-state index contributed by atoms with van der Waals surface area (Å²) in [5.74, 6) is 0. The van der Waals surface area contributed by atoms with Crippen molar-refractivity contribution in [2.24, 2.45) is 0 Å². The van der Waals surface area contributed by atoms with Crippen LogP contribution in [0.15, 0.2) is 5.20 Å². The van der Waals surface area contributed by atoms with E-state index in [4.69, 9.17) is 4.74 Å². The molecule has 12 heavy (non-hydrogen) atoms. The van der Waals surface area contributed by atoms with Gasteiger partial charge in [-0.05, 0) is 13.8 Å². The Labute approximate surface area is 76.8 Å². The lowest BCUT2D eigenvalue weighted by Crippen LogP contribution is -2.36. The van der Waals surface area contributed by atoms with Crippen LogP contribution < -0.4 is 0 Å². The Balaban J connectivity index is 2.78. The molecule has 1 heterocycles. The Kier molecular flexibility index (Phi) is 2.72. The second-order valence-electron chi connectivity index (χ2n) is 4.63. The van der Waals surface area contributed by atoms with E-state index in [2.05, 4.69) is 39.6 Å². The highest BCUT2D eigenvalue weighted by Gasteiger charge is 2.38. The van der Waals surface area contributed by atoms with Gasteiger partial charge in [0.05, 0.1) is 0 Å². The molecule has 0 aromatic heterocycles. The summed E-state index contributed by atoms with van der Waals surface area (Å²) in [6, 6.07) is 0. The van der Waals surface area contributed by atoms with Crippen molar-refractivity contribution in [2.75, 3.05) is 0 Å². The molecular weight excluding hydrogens is 164 g/mol. The van der Waals surface area contributed by atoms with Gasteiger partial charge in [0.2, 0.25) is 6.08 Å². The molecule has 0 radical (unpaired) electrons. The quantitative estimate of drug-likeness (QED) is 0.449. The number of rotatable bonds is 1. The average molecular weight is 183 g/mol. The van der Waals surface area contributed by atoms with E-state index in [9.17, 15) is 0 Å². The van der Waals surface area contributed by atoms with Gasteiger partial charge in [0, 0.05) is 0 Å². The van der Waals surface area contributed by atoms with Gasteiger partial charge in [-0.25, -0.2) is 0 Å². The van der Waals surface area contributed by atoms with Gasteiger partial charge in [0.15, 0.2) is 11.6 Å². The van der Waals surface area contributed by atoms with Crippen LogP contribution in [0.2, 0.25) is 19.6 Å². The first-order valence-electron chi connectivity index (χ1n) is 4.68. The van der Waals surface area contributed by atoms with Crippen LogP contribution >= 0.6 is 0 Å². The maximum atomic E-state index is 5.76.